The topological polar surface area (TPSA) is 37.3 Å². The smallest absolute Gasteiger partial charge is 0.303 e. The Morgan fingerprint density at radius 1 is 0.900 bits per heavy atom. The van der Waals surface area contributed by atoms with Crippen LogP contribution in [0.3, 0.4) is 0 Å². The number of carboxylic acid groups (broad SMARTS) is 1. The first-order chi connectivity index (χ1) is 9.63. The SMILES string of the molecule is CC(C)CCCCC/C=C\C/C=C\CCCCC(=O)O. The number of hydrogen-bond acceptors (Lipinski definition) is 1. The third-order valence-corrected chi connectivity index (χ3v) is 3.27. The molecule has 0 radical (unpaired) electrons. The lowest BCUT2D eigenvalue weighted by Crippen LogP contribution is -1.92. The van der Waals surface area contributed by atoms with Gasteiger partial charge in [0.15, 0.2) is 0 Å². The molecule has 116 valence electrons. The molecule has 2 heteroatoms. The minimum absolute atomic E-state index is 0.296. The number of carboxylic acids is 1. The first-order valence-electron chi connectivity index (χ1n) is 8.14. The highest BCUT2D eigenvalue weighted by molar-refractivity contribution is 5.66. The van der Waals surface area contributed by atoms with Gasteiger partial charge in [0.2, 0.25) is 0 Å². The van der Waals surface area contributed by atoms with Crippen LogP contribution in [0.25, 0.3) is 0 Å². The minimum atomic E-state index is -0.690. The van der Waals surface area contributed by atoms with Crippen LogP contribution in [0.4, 0.5) is 0 Å². The van der Waals surface area contributed by atoms with Crippen LogP contribution in [0, 0.1) is 5.92 Å². The molecule has 0 aromatic rings. The zero-order valence-electron chi connectivity index (χ0n) is 13.3. The highest BCUT2D eigenvalue weighted by Crippen LogP contribution is 2.09. The van der Waals surface area contributed by atoms with E-state index in [-0.39, 0.29) is 0 Å². The Balaban J connectivity index is 3.24. The molecule has 0 aromatic carbocycles. The summed E-state index contributed by atoms with van der Waals surface area (Å²) in [5.74, 6) is 0.150. The summed E-state index contributed by atoms with van der Waals surface area (Å²) in [4.78, 5) is 10.3. The second kappa shape index (κ2) is 14.4. The Hall–Kier alpha value is -1.05. The van der Waals surface area contributed by atoms with Crippen LogP contribution in [0.5, 0.6) is 0 Å². The van der Waals surface area contributed by atoms with Crippen molar-refractivity contribution in [3.8, 4) is 0 Å². The van der Waals surface area contributed by atoms with Crippen LogP contribution in [0.2, 0.25) is 0 Å². The van der Waals surface area contributed by atoms with Crippen molar-refractivity contribution in [2.24, 2.45) is 5.92 Å². The van der Waals surface area contributed by atoms with Crippen molar-refractivity contribution < 1.29 is 9.90 Å². The lowest BCUT2D eigenvalue weighted by Gasteiger charge is -2.02. The van der Waals surface area contributed by atoms with Crippen LogP contribution < -0.4 is 0 Å². The molecule has 0 unspecified atom stereocenters. The third-order valence-electron chi connectivity index (χ3n) is 3.27. The van der Waals surface area contributed by atoms with Gasteiger partial charge >= 0.3 is 5.97 Å². The molecule has 0 bridgehead atoms. The van der Waals surface area contributed by atoms with E-state index in [0.717, 1.165) is 31.6 Å². The molecular formula is C18H32O2. The van der Waals surface area contributed by atoms with Crippen molar-refractivity contribution in [1.29, 1.82) is 0 Å². The van der Waals surface area contributed by atoms with E-state index < -0.39 is 5.97 Å². The zero-order valence-corrected chi connectivity index (χ0v) is 13.3. The standard InChI is InChI=1S/C18H32O2/c1-17(2)15-13-11-9-7-5-3-4-6-8-10-12-14-16-18(19)20/h3,5-6,8,17H,4,7,9-16H2,1-2H3,(H,19,20)/b5-3-,8-6-. The Bertz CT molecular complexity index is 277. The van der Waals surface area contributed by atoms with Crippen LogP contribution in [0.15, 0.2) is 24.3 Å². The number of aliphatic carboxylic acids is 1. The summed E-state index contributed by atoms with van der Waals surface area (Å²) in [5, 5.41) is 8.49. The minimum Gasteiger partial charge on any atom is -0.481 e. The Morgan fingerprint density at radius 3 is 2.05 bits per heavy atom. The van der Waals surface area contributed by atoms with Crippen molar-refractivity contribution in [2.75, 3.05) is 0 Å². The normalized spacial score (nSPS) is 11.9. The van der Waals surface area contributed by atoms with Gasteiger partial charge in [0.25, 0.3) is 0 Å². The average molecular weight is 280 g/mol. The van der Waals surface area contributed by atoms with E-state index >= 15 is 0 Å². The molecule has 0 atom stereocenters. The second-order valence-corrected chi connectivity index (χ2v) is 5.85. The van der Waals surface area contributed by atoms with Crippen LogP contribution >= 0.6 is 0 Å². The molecule has 0 saturated carbocycles. The molecule has 0 heterocycles. The maximum atomic E-state index is 10.3. The van der Waals surface area contributed by atoms with Crippen molar-refractivity contribution in [2.45, 2.75) is 78.1 Å². The first-order valence-corrected chi connectivity index (χ1v) is 8.14. The van der Waals surface area contributed by atoms with E-state index in [0.29, 0.717) is 6.42 Å². The van der Waals surface area contributed by atoms with E-state index in [2.05, 4.69) is 38.2 Å². The lowest BCUT2D eigenvalue weighted by atomic mass is 10.0. The number of rotatable bonds is 13. The van der Waals surface area contributed by atoms with Gasteiger partial charge in [0.05, 0.1) is 0 Å². The molecule has 0 aliphatic heterocycles. The number of hydrogen-bond donors (Lipinski definition) is 1. The summed E-state index contributed by atoms with van der Waals surface area (Å²) < 4.78 is 0. The molecule has 20 heavy (non-hydrogen) atoms. The highest BCUT2D eigenvalue weighted by atomic mass is 16.4. The number of unbranched alkanes of at least 4 members (excludes halogenated alkanes) is 5. The molecule has 0 saturated heterocycles. The average Bonchev–Trinajstić information content (AvgIpc) is 2.38. The Labute approximate surface area is 125 Å². The molecule has 0 aliphatic carbocycles. The van der Waals surface area contributed by atoms with Gasteiger partial charge in [-0.05, 0) is 44.4 Å². The van der Waals surface area contributed by atoms with Gasteiger partial charge in [-0.25, -0.2) is 0 Å². The summed E-state index contributed by atoms with van der Waals surface area (Å²) in [6.45, 7) is 4.57. The molecule has 0 spiro atoms. The first kappa shape index (κ1) is 18.9. The van der Waals surface area contributed by atoms with Gasteiger partial charge in [0, 0.05) is 6.42 Å². The van der Waals surface area contributed by atoms with E-state index in [1.165, 1.54) is 32.1 Å². The monoisotopic (exact) mass is 280 g/mol. The largest absolute Gasteiger partial charge is 0.481 e. The van der Waals surface area contributed by atoms with Crippen molar-refractivity contribution in [1.82, 2.24) is 0 Å². The molecule has 2 nitrogen and oxygen atoms in total. The van der Waals surface area contributed by atoms with E-state index in [1.807, 2.05) is 0 Å². The van der Waals surface area contributed by atoms with Gasteiger partial charge < -0.3 is 5.11 Å². The Morgan fingerprint density at radius 2 is 1.50 bits per heavy atom. The summed E-state index contributed by atoms with van der Waals surface area (Å²) in [7, 11) is 0. The summed E-state index contributed by atoms with van der Waals surface area (Å²) in [6.07, 6.45) is 19.5. The van der Waals surface area contributed by atoms with Gasteiger partial charge in [-0.2, -0.15) is 0 Å². The van der Waals surface area contributed by atoms with Crippen LogP contribution in [0.1, 0.15) is 78.1 Å². The zero-order chi connectivity index (χ0) is 15.1. The van der Waals surface area contributed by atoms with Crippen molar-refractivity contribution in [3.63, 3.8) is 0 Å². The fraction of sp³-hybridized carbons (Fsp3) is 0.722. The molecule has 0 rings (SSSR count). The van der Waals surface area contributed by atoms with Gasteiger partial charge in [-0.15, -0.1) is 0 Å². The molecule has 0 fully saturated rings. The molecule has 1 N–H and O–H groups in total. The van der Waals surface area contributed by atoms with Crippen molar-refractivity contribution in [3.05, 3.63) is 24.3 Å². The lowest BCUT2D eigenvalue weighted by molar-refractivity contribution is -0.137. The summed E-state index contributed by atoms with van der Waals surface area (Å²) in [6, 6.07) is 0. The maximum absolute atomic E-state index is 10.3. The molecular weight excluding hydrogens is 248 g/mol. The van der Waals surface area contributed by atoms with E-state index in [1.54, 1.807) is 0 Å². The third kappa shape index (κ3) is 16.9. The molecule has 0 aliphatic rings. The summed E-state index contributed by atoms with van der Waals surface area (Å²) >= 11 is 0. The Kier molecular flexibility index (Phi) is 13.6. The predicted molar refractivity (Wildman–Crippen MR) is 86.9 cm³/mol. The van der Waals surface area contributed by atoms with Gasteiger partial charge in [-0.3, -0.25) is 4.79 Å². The second-order valence-electron chi connectivity index (χ2n) is 5.85. The quantitative estimate of drug-likeness (QED) is 0.345. The molecule has 0 aromatic heterocycles. The van der Waals surface area contributed by atoms with Crippen molar-refractivity contribution >= 4 is 5.97 Å². The van der Waals surface area contributed by atoms with Gasteiger partial charge in [-0.1, -0.05) is 57.4 Å². The molecule has 0 amide bonds. The summed E-state index contributed by atoms with van der Waals surface area (Å²) in [5.41, 5.74) is 0. The number of carbonyl (C=O) groups is 1. The van der Waals surface area contributed by atoms with Crippen LogP contribution in [-0.2, 0) is 4.79 Å². The van der Waals surface area contributed by atoms with Gasteiger partial charge in [0.1, 0.15) is 0 Å². The van der Waals surface area contributed by atoms with E-state index in [4.69, 9.17) is 5.11 Å². The maximum Gasteiger partial charge on any atom is 0.303 e. The number of allylic oxidation sites excluding steroid dienone is 4. The van der Waals surface area contributed by atoms with Crippen LogP contribution in [-0.4, -0.2) is 11.1 Å². The highest BCUT2D eigenvalue weighted by Gasteiger charge is 1.94. The predicted octanol–water partition coefficient (Wildman–Crippen LogP) is 5.74. The fourth-order valence-corrected chi connectivity index (χ4v) is 2.04. The van der Waals surface area contributed by atoms with E-state index in [9.17, 15) is 4.79 Å². The fourth-order valence-electron chi connectivity index (χ4n) is 2.04.